The van der Waals surface area contributed by atoms with Gasteiger partial charge in [0.05, 0.1) is 11.7 Å². The Balaban J connectivity index is 1.91. The van der Waals surface area contributed by atoms with E-state index in [4.69, 9.17) is 0 Å². The van der Waals surface area contributed by atoms with Crippen LogP contribution < -0.4 is 0 Å². The number of benzene rings is 1. The normalized spacial score (nSPS) is 11.1. The quantitative estimate of drug-likeness (QED) is 0.445. The Morgan fingerprint density at radius 1 is 0.955 bits per heavy atom. The Bertz CT molecular complexity index is 961. The van der Waals surface area contributed by atoms with Crippen molar-refractivity contribution in [2.24, 2.45) is 0 Å². The Morgan fingerprint density at radius 3 is 2.27 bits per heavy atom. The van der Waals surface area contributed by atoms with Crippen molar-refractivity contribution >= 4 is 51.0 Å². The maximum absolute atomic E-state index is 4.54. The van der Waals surface area contributed by atoms with Crippen molar-refractivity contribution in [3.63, 3.8) is 0 Å². The van der Waals surface area contributed by atoms with Crippen LogP contribution in [0.2, 0.25) is 0 Å². The van der Waals surface area contributed by atoms with Crippen molar-refractivity contribution in [1.29, 1.82) is 0 Å². The van der Waals surface area contributed by atoms with Gasteiger partial charge in [-0.15, -0.1) is 22.7 Å². The second-order valence-corrected chi connectivity index (χ2v) is 7.60. The molecule has 0 saturated carbocycles. The van der Waals surface area contributed by atoms with Crippen LogP contribution in [0.4, 0.5) is 0 Å². The molecular weight excluding hydrogens is 328 g/mol. The third kappa shape index (κ3) is 2.22. The number of hydrogen-bond acceptors (Lipinski definition) is 5. The molecule has 1 aromatic carbocycles. The second kappa shape index (κ2) is 5.43. The molecule has 0 aliphatic rings. The van der Waals surface area contributed by atoms with Crippen molar-refractivity contribution in [2.75, 3.05) is 0 Å². The van der Waals surface area contributed by atoms with Gasteiger partial charge in [-0.05, 0) is 36.1 Å². The van der Waals surface area contributed by atoms with Gasteiger partial charge < -0.3 is 0 Å². The highest BCUT2D eigenvalue weighted by Crippen LogP contribution is 2.39. The minimum Gasteiger partial charge on any atom is -0.172 e. The molecule has 5 heteroatoms. The molecule has 0 amide bonds. The topological polar surface area (TPSA) is 25.8 Å². The zero-order valence-electron chi connectivity index (χ0n) is 11.9. The predicted octanol–water partition coefficient (Wildman–Crippen LogP) is 6.18. The third-order valence-corrected chi connectivity index (χ3v) is 6.21. The minimum absolute atomic E-state index is 0.992. The van der Waals surface area contributed by atoms with Crippen molar-refractivity contribution in [3.8, 4) is 20.9 Å². The van der Waals surface area contributed by atoms with Crippen LogP contribution in [0.1, 0.15) is 11.8 Å². The Kier molecular flexibility index (Phi) is 3.41. The summed E-state index contributed by atoms with van der Waals surface area (Å²) in [6.07, 6.45) is 0. The molecule has 108 valence electrons. The fourth-order valence-electron chi connectivity index (χ4n) is 2.41. The van der Waals surface area contributed by atoms with E-state index in [-0.39, 0.29) is 0 Å². The maximum Gasteiger partial charge on any atom is 0.114 e. The highest BCUT2D eigenvalue weighted by molar-refractivity contribution is 7.16. The minimum atomic E-state index is 0.992. The van der Waals surface area contributed by atoms with E-state index < -0.39 is 0 Å². The number of rotatable bonds is 3. The predicted molar refractivity (Wildman–Crippen MR) is 98.7 cm³/mol. The number of fused-ring (bicyclic) bond motifs is 1. The number of thiophene rings is 2. The van der Waals surface area contributed by atoms with Crippen LogP contribution in [0.5, 0.6) is 0 Å². The summed E-state index contributed by atoms with van der Waals surface area (Å²) < 4.78 is 9.07. The Morgan fingerprint density at radius 2 is 1.68 bits per heavy atom. The van der Waals surface area contributed by atoms with Crippen molar-refractivity contribution in [3.05, 3.63) is 53.2 Å². The maximum atomic E-state index is 4.54. The Labute approximate surface area is 140 Å². The molecular formula is C17H12N2S3. The summed E-state index contributed by atoms with van der Waals surface area (Å²) in [6.45, 7) is 6.06. The van der Waals surface area contributed by atoms with Gasteiger partial charge in [0.15, 0.2) is 0 Å². The van der Waals surface area contributed by atoms with Gasteiger partial charge in [-0.2, -0.15) is 8.75 Å². The van der Waals surface area contributed by atoms with Crippen molar-refractivity contribution < 1.29 is 0 Å². The first-order valence-electron chi connectivity index (χ1n) is 6.79. The van der Waals surface area contributed by atoms with Gasteiger partial charge >= 0.3 is 0 Å². The van der Waals surface area contributed by atoms with Crippen LogP contribution in [0, 0.1) is 0 Å². The number of allylic oxidation sites excluding steroid dienone is 1. The summed E-state index contributed by atoms with van der Waals surface area (Å²) in [6, 6.07) is 12.8. The van der Waals surface area contributed by atoms with Gasteiger partial charge in [-0.3, -0.25) is 0 Å². The molecule has 0 bridgehead atoms. The Hall–Kier alpha value is -1.82. The first-order valence-corrected chi connectivity index (χ1v) is 9.22. The van der Waals surface area contributed by atoms with Crippen LogP contribution in [0.3, 0.4) is 0 Å². The van der Waals surface area contributed by atoms with Gasteiger partial charge in [0, 0.05) is 25.8 Å². The van der Waals surface area contributed by atoms with Gasteiger partial charge in [0.25, 0.3) is 0 Å². The van der Waals surface area contributed by atoms with Crippen LogP contribution in [0.15, 0.2) is 48.4 Å². The third-order valence-electron chi connectivity index (χ3n) is 3.49. The smallest absolute Gasteiger partial charge is 0.114 e. The summed E-state index contributed by atoms with van der Waals surface area (Å²) >= 11 is 4.77. The highest BCUT2D eigenvalue weighted by Gasteiger charge is 2.15. The van der Waals surface area contributed by atoms with Crippen molar-refractivity contribution in [2.45, 2.75) is 6.92 Å². The average molecular weight is 340 g/mol. The SMILES string of the molecule is C=C(C)c1ccc(-c2ccc(-c3cccs3)c3nsnc23)s1. The van der Waals surface area contributed by atoms with Gasteiger partial charge in [-0.25, -0.2) is 0 Å². The number of nitrogens with zero attached hydrogens (tertiary/aromatic N) is 2. The second-order valence-electron chi connectivity index (χ2n) is 5.04. The number of aromatic nitrogens is 2. The molecule has 0 aliphatic heterocycles. The molecule has 0 radical (unpaired) electrons. The van der Waals surface area contributed by atoms with E-state index in [1.165, 1.54) is 31.9 Å². The summed E-state index contributed by atoms with van der Waals surface area (Å²) in [5.41, 5.74) is 5.40. The van der Waals surface area contributed by atoms with Crippen LogP contribution in [-0.2, 0) is 0 Å². The lowest BCUT2D eigenvalue weighted by atomic mass is 10.1. The first-order chi connectivity index (χ1) is 10.7. The molecule has 2 nitrogen and oxygen atoms in total. The zero-order valence-corrected chi connectivity index (χ0v) is 14.3. The molecule has 0 atom stereocenters. The standard InChI is InChI=1S/C17H12N2S3/c1-10(2)13-7-8-15(21-13)12-6-5-11(14-4-3-9-20-14)16-17(12)19-22-18-16/h3-9H,1H2,2H3. The summed E-state index contributed by atoms with van der Waals surface area (Å²) in [5.74, 6) is 0. The monoisotopic (exact) mass is 340 g/mol. The molecule has 0 unspecified atom stereocenters. The summed E-state index contributed by atoms with van der Waals surface area (Å²) in [5, 5.41) is 2.09. The highest BCUT2D eigenvalue weighted by atomic mass is 32.1. The molecule has 22 heavy (non-hydrogen) atoms. The number of hydrogen-bond donors (Lipinski definition) is 0. The lowest BCUT2D eigenvalue weighted by Crippen LogP contribution is -1.81. The lowest BCUT2D eigenvalue weighted by Gasteiger charge is -2.03. The van der Waals surface area contributed by atoms with Crippen LogP contribution in [0.25, 0.3) is 37.5 Å². The molecule has 4 aromatic rings. The van der Waals surface area contributed by atoms with E-state index >= 15 is 0 Å². The van der Waals surface area contributed by atoms with Gasteiger partial charge in [0.1, 0.15) is 11.0 Å². The molecule has 4 rings (SSSR count). The van der Waals surface area contributed by atoms with Crippen molar-refractivity contribution in [1.82, 2.24) is 8.75 Å². The first kappa shape index (κ1) is 13.8. The molecule has 0 aliphatic carbocycles. The van der Waals surface area contributed by atoms with E-state index in [2.05, 4.69) is 57.1 Å². The fourth-order valence-corrected chi connectivity index (χ4v) is 4.69. The van der Waals surface area contributed by atoms with E-state index in [1.54, 1.807) is 22.7 Å². The van der Waals surface area contributed by atoms with Gasteiger partial charge in [-0.1, -0.05) is 24.8 Å². The average Bonchev–Trinajstić information content (AvgIpc) is 3.26. The molecule has 0 N–H and O–H groups in total. The molecule has 3 aromatic heterocycles. The van der Waals surface area contributed by atoms with Gasteiger partial charge in [0.2, 0.25) is 0 Å². The molecule has 0 spiro atoms. The van der Waals surface area contributed by atoms with E-state index in [9.17, 15) is 0 Å². The van der Waals surface area contributed by atoms with Crippen LogP contribution >= 0.6 is 34.4 Å². The largest absolute Gasteiger partial charge is 0.172 e. The lowest BCUT2D eigenvalue weighted by molar-refractivity contribution is 1.63. The van der Waals surface area contributed by atoms with Crippen LogP contribution in [-0.4, -0.2) is 8.75 Å². The molecule has 0 fully saturated rings. The molecule has 0 saturated heterocycles. The fraction of sp³-hybridized carbons (Fsp3) is 0.0588. The van der Waals surface area contributed by atoms with E-state index in [0.29, 0.717) is 0 Å². The zero-order chi connectivity index (χ0) is 15.1. The summed E-state index contributed by atoms with van der Waals surface area (Å²) in [7, 11) is 0. The molecule has 3 heterocycles. The summed E-state index contributed by atoms with van der Waals surface area (Å²) in [4.78, 5) is 3.67. The van der Waals surface area contributed by atoms with E-state index in [0.717, 1.165) is 22.2 Å². The van der Waals surface area contributed by atoms with E-state index in [1.807, 2.05) is 6.92 Å².